The predicted octanol–water partition coefficient (Wildman–Crippen LogP) is 5.01. The Morgan fingerprint density at radius 3 is 2.67 bits per heavy atom. The smallest absolute Gasteiger partial charge is 0.127 e. The highest BCUT2D eigenvalue weighted by Crippen LogP contribution is 2.33. The molecular weight excluding hydrogens is 282 g/mol. The van der Waals surface area contributed by atoms with Crippen LogP contribution in [0.25, 0.3) is 0 Å². The van der Waals surface area contributed by atoms with Gasteiger partial charge in [0.05, 0.1) is 6.61 Å². The molecule has 0 amide bonds. The zero-order valence-corrected chi connectivity index (χ0v) is 13.2. The molecule has 1 N–H and O–H groups in total. The van der Waals surface area contributed by atoms with Crippen molar-refractivity contribution in [2.45, 2.75) is 32.7 Å². The average Bonchev–Trinajstić information content (AvgIpc) is 2.93. The Bertz CT molecular complexity index is 634. The lowest BCUT2D eigenvalue weighted by Crippen LogP contribution is -2.02. The maximum absolute atomic E-state index is 6.18. The molecule has 0 aromatic heterocycles. The molecule has 1 aliphatic heterocycles. The number of hydrogen-bond acceptors (Lipinski definition) is 2. The van der Waals surface area contributed by atoms with E-state index < -0.39 is 0 Å². The Labute approximate surface area is 131 Å². The third kappa shape index (κ3) is 3.16. The molecule has 2 aromatic rings. The van der Waals surface area contributed by atoms with E-state index in [1.165, 1.54) is 11.1 Å². The Morgan fingerprint density at radius 2 is 1.95 bits per heavy atom. The van der Waals surface area contributed by atoms with E-state index in [9.17, 15) is 0 Å². The first-order valence-corrected chi connectivity index (χ1v) is 7.79. The molecule has 110 valence electrons. The van der Waals surface area contributed by atoms with Gasteiger partial charge in [-0.25, -0.2) is 0 Å². The van der Waals surface area contributed by atoms with Gasteiger partial charge in [-0.1, -0.05) is 37.6 Å². The van der Waals surface area contributed by atoms with Crippen LogP contribution in [-0.4, -0.2) is 6.61 Å². The lowest BCUT2D eigenvalue weighted by atomic mass is 10.0. The Balaban J connectivity index is 1.73. The standard InChI is InChI=1S/C18H20ClNO/c1-12(2)13-3-5-17(6-4-13)20-11-15-10-16(19)9-14-7-8-21-18(14)15/h3-6,9-10,12,20H,7-8,11H2,1-2H3. The van der Waals surface area contributed by atoms with Gasteiger partial charge in [0.1, 0.15) is 5.75 Å². The summed E-state index contributed by atoms with van der Waals surface area (Å²) in [6, 6.07) is 12.6. The molecule has 2 nitrogen and oxygen atoms in total. The van der Waals surface area contributed by atoms with Crippen LogP contribution in [0, 0.1) is 0 Å². The molecule has 0 saturated heterocycles. The van der Waals surface area contributed by atoms with Gasteiger partial charge in [0.2, 0.25) is 0 Å². The molecule has 2 aromatic carbocycles. The molecule has 1 aliphatic rings. The van der Waals surface area contributed by atoms with Crippen LogP contribution in [-0.2, 0) is 13.0 Å². The van der Waals surface area contributed by atoms with Crippen LogP contribution in [0.15, 0.2) is 36.4 Å². The minimum atomic E-state index is 0.559. The molecule has 0 fully saturated rings. The monoisotopic (exact) mass is 301 g/mol. The normalized spacial score (nSPS) is 13.1. The van der Waals surface area contributed by atoms with E-state index in [0.29, 0.717) is 5.92 Å². The number of halogens is 1. The van der Waals surface area contributed by atoms with Crippen molar-refractivity contribution in [2.75, 3.05) is 11.9 Å². The van der Waals surface area contributed by atoms with Gasteiger partial charge < -0.3 is 10.1 Å². The van der Waals surface area contributed by atoms with Crippen LogP contribution < -0.4 is 10.1 Å². The second-order valence-electron chi connectivity index (χ2n) is 5.78. The van der Waals surface area contributed by atoms with Crippen molar-refractivity contribution >= 4 is 17.3 Å². The predicted molar refractivity (Wildman–Crippen MR) is 88.5 cm³/mol. The Hall–Kier alpha value is -1.67. The fourth-order valence-corrected chi connectivity index (χ4v) is 2.92. The van der Waals surface area contributed by atoms with Gasteiger partial charge in [-0.2, -0.15) is 0 Å². The number of anilines is 1. The lowest BCUT2D eigenvalue weighted by Gasteiger charge is -2.12. The molecule has 0 spiro atoms. The molecule has 0 aliphatic carbocycles. The van der Waals surface area contributed by atoms with E-state index in [2.05, 4.69) is 43.4 Å². The first-order chi connectivity index (χ1) is 10.1. The van der Waals surface area contributed by atoms with E-state index in [-0.39, 0.29) is 0 Å². The van der Waals surface area contributed by atoms with Gasteiger partial charge in [-0.05, 0) is 41.3 Å². The lowest BCUT2D eigenvalue weighted by molar-refractivity contribution is 0.354. The van der Waals surface area contributed by atoms with Crippen molar-refractivity contribution in [3.8, 4) is 5.75 Å². The van der Waals surface area contributed by atoms with Crippen molar-refractivity contribution in [1.82, 2.24) is 0 Å². The number of fused-ring (bicyclic) bond motifs is 1. The third-order valence-electron chi connectivity index (χ3n) is 3.89. The number of nitrogens with one attached hydrogen (secondary N) is 1. The van der Waals surface area contributed by atoms with Gasteiger partial charge in [-0.15, -0.1) is 0 Å². The molecule has 0 saturated carbocycles. The summed E-state index contributed by atoms with van der Waals surface area (Å²) in [7, 11) is 0. The number of ether oxygens (including phenoxy) is 1. The van der Waals surface area contributed by atoms with Crippen LogP contribution >= 0.6 is 11.6 Å². The SMILES string of the molecule is CC(C)c1ccc(NCc2cc(Cl)cc3c2OCC3)cc1. The van der Waals surface area contributed by atoms with Crippen LogP contribution in [0.2, 0.25) is 5.02 Å². The molecule has 0 unspecified atom stereocenters. The van der Waals surface area contributed by atoms with Crippen molar-refractivity contribution in [3.63, 3.8) is 0 Å². The van der Waals surface area contributed by atoms with Gasteiger partial charge in [0, 0.05) is 29.2 Å². The molecule has 1 heterocycles. The molecular formula is C18H20ClNO. The molecule has 0 bridgehead atoms. The first-order valence-electron chi connectivity index (χ1n) is 7.41. The molecule has 0 radical (unpaired) electrons. The zero-order valence-electron chi connectivity index (χ0n) is 12.4. The largest absolute Gasteiger partial charge is 0.493 e. The summed E-state index contributed by atoms with van der Waals surface area (Å²) >= 11 is 6.18. The summed E-state index contributed by atoms with van der Waals surface area (Å²) in [6.45, 7) is 5.89. The second kappa shape index (κ2) is 5.98. The van der Waals surface area contributed by atoms with Gasteiger partial charge in [0.25, 0.3) is 0 Å². The maximum Gasteiger partial charge on any atom is 0.127 e. The summed E-state index contributed by atoms with van der Waals surface area (Å²) in [4.78, 5) is 0. The van der Waals surface area contributed by atoms with E-state index in [4.69, 9.17) is 16.3 Å². The topological polar surface area (TPSA) is 21.3 Å². The van der Waals surface area contributed by atoms with Crippen molar-refractivity contribution < 1.29 is 4.74 Å². The number of hydrogen-bond donors (Lipinski definition) is 1. The van der Waals surface area contributed by atoms with Gasteiger partial charge >= 0.3 is 0 Å². The molecule has 3 heteroatoms. The second-order valence-corrected chi connectivity index (χ2v) is 6.22. The highest BCUT2D eigenvalue weighted by atomic mass is 35.5. The summed E-state index contributed by atoms with van der Waals surface area (Å²) in [5.74, 6) is 1.56. The third-order valence-corrected chi connectivity index (χ3v) is 4.10. The van der Waals surface area contributed by atoms with E-state index in [0.717, 1.165) is 41.6 Å². The van der Waals surface area contributed by atoms with Crippen molar-refractivity contribution in [2.24, 2.45) is 0 Å². The summed E-state index contributed by atoms with van der Waals surface area (Å²) < 4.78 is 5.72. The van der Waals surface area contributed by atoms with Crippen LogP contribution in [0.3, 0.4) is 0 Å². The maximum atomic E-state index is 6.18. The first kappa shape index (κ1) is 14.3. The molecule has 3 rings (SSSR count). The quantitative estimate of drug-likeness (QED) is 0.857. The Morgan fingerprint density at radius 1 is 1.19 bits per heavy atom. The van der Waals surface area contributed by atoms with E-state index in [1.807, 2.05) is 12.1 Å². The van der Waals surface area contributed by atoms with Crippen molar-refractivity contribution in [3.05, 3.63) is 58.1 Å². The van der Waals surface area contributed by atoms with Gasteiger partial charge in [0.15, 0.2) is 0 Å². The minimum absolute atomic E-state index is 0.559. The van der Waals surface area contributed by atoms with Gasteiger partial charge in [-0.3, -0.25) is 0 Å². The fourth-order valence-electron chi connectivity index (χ4n) is 2.66. The van der Waals surface area contributed by atoms with Crippen LogP contribution in [0.4, 0.5) is 5.69 Å². The molecule has 0 atom stereocenters. The van der Waals surface area contributed by atoms with E-state index in [1.54, 1.807) is 0 Å². The summed E-state index contributed by atoms with van der Waals surface area (Å²) in [5.41, 5.74) is 4.82. The highest BCUT2D eigenvalue weighted by molar-refractivity contribution is 6.30. The van der Waals surface area contributed by atoms with Crippen LogP contribution in [0.5, 0.6) is 5.75 Å². The number of benzene rings is 2. The average molecular weight is 302 g/mol. The van der Waals surface area contributed by atoms with E-state index >= 15 is 0 Å². The fraction of sp³-hybridized carbons (Fsp3) is 0.333. The zero-order chi connectivity index (χ0) is 14.8. The summed E-state index contributed by atoms with van der Waals surface area (Å²) in [5, 5.41) is 4.23. The highest BCUT2D eigenvalue weighted by Gasteiger charge is 2.17. The van der Waals surface area contributed by atoms with Crippen LogP contribution in [0.1, 0.15) is 36.5 Å². The minimum Gasteiger partial charge on any atom is -0.493 e. The number of rotatable bonds is 4. The summed E-state index contributed by atoms with van der Waals surface area (Å²) in [6.07, 6.45) is 0.950. The van der Waals surface area contributed by atoms with Crippen molar-refractivity contribution in [1.29, 1.82) is 0 Å². The Kier molecular flexibility index (Phi) is 4.07. The molecule has 21 heavy (non-hydrogen) atoms.